The van der Waals surface area contributed by atoms with Crippen LogP contribution in [0.5, 0.6) is 5.75 Å². The van der Waals surface area contributed by atoms with Gasteiger partial charge in [0.15, 0.2) is 0 Å². The van der Waals surface area contributed by atoms with E-state index in [2.05, 4.69) is 36.5 Å². The van der Waals surface area contributed by atoms with E-state index in [0.717, 1.165) is 43.1 Å². The molecule has 20 heavy (non-hydrogen) atoms. The van der Waals surface area contributed by atoms with Crippen LogP contribution in [0.2, 0.25) is 0 Å². The predicted molar refractivity (Wildman–Crippen MR) is 83.4 cm³/mol. The molecule has 2 aromatic rings. The van der Waals surface area contributed by atoms with Gasteiger partial charge < -0.3 is 15.8 Å². The van der Waals surface area contributed by atoms with Crippen molar-refractivity contribution in [3.8, 4) is 5.75 Å². The van der Waals surface area contributed by atoms with E-state index in [1.54, 1.807) is 0 Å². The molecule has 0 spiro atoms. The first-order chi connectivity index (χ1) is 9.72. The van der Waals surface area contributed by atoms with Gasteiger partial charge in [-0.25, -0.2) is 0 Å². The third kappa shape index (κ3) is 2.72. The van der Waals surface area contributed by atoms with Crippen LogP contribution in [0.3, 0.4) is 0 Å². The number of nitrogens with two attached hydrogens (primary N) is 1. The molecule has 3 heteroatoms. The van der Waals surface area contributed by atoms with Gasteiger partial charge >= 0.3 is 0 Å². The van der Waals surface area contributed by atoms with Crippen LogP contribution in [0.4, 0.5) is 11.4 Å². The Balaban J connectivity index is 1.61. The van der Waals surface area contributed by atoms with Crippen LogP contribution in [-0.2, 0) is 12.8 Å². The van der Waals surface area contributed by atoms with Gasteiger partial charge in [0.1, 0.15) is 5.75 Å². The summed E-state index contributed by atoms with van der Waals surface area (Å²) in [5.41, 5.74) is 11.7. The number of nitrogen functional groups attached to an aromatic ring is 1. The van der Waals surface area contributed by atoms with Crippen LogP contribution in [0, 0.1) is 6.92 Å². The molecular weight excluding hydrogens is 248 g/mol. The maximum absolute atomic E-state index is 5.96. The topological polar surface area (TPSA) is 47.3 Å². The van der Waals surface area contributed by atoms with E-state index in [1.807, 2.05) is 12.1 Å². The van der Waals surface area contributed by atoms with Crippen LogP contribution in [0.15, 0.2) is 36.4 Å². The fraction of sp³-hybridized carbons (Fsp3) is 0.294. The minimum absolute atomic E-state index is 0.804. The third-order valence-electron chi connectivity index (χ3n) is 3.69. The number of ether oxygens (including phenoxy) is 1. The molecule has 1 heterocycles. The summed E-state index contributed by atoms with van der Waals surface area (Å²) in [7, 11) is 0. The molecule has 3 rings (SSSR count). The van der Waals surface area contributed by atoms with Crippen molar-refractivity contribution in [1.82, 2.24) is 0 Å². The highest BCUT2D eigenvalue weighted by molar-refractivity contribution is 5.66. The fourth-order valence-corrected chi connectivity index (χ4v) is 2.56. The molecule has 3 nitrogen and oxygen atoms in total. The van der Waals surface area contributed by atoms with E-state index < -0.39 is 0 Å². The zero-order valence-corrected chi connectivity index (χ0v) is 11.8. The summed E-state index contributed by atoms with van der Waals surface area (Å²) in [4.78, 5) is 0. The SMILES string of the molecule is Cc1ccc(N)c(NCCc2ccc3c(c2)CCO3)c1. The van der Waals surface area contributed by atoms with Crippen molar-refractivity contribution in [3.63, 3.8) is 0 Å². The molecule has 3 N–H and O–H groups in total. The Morgan fingerprint density at radius 3 is 3.00 bits per heavy atom. The van der Waals surface area contributed by atoms with E-state index in [0.29, 0.717) is 0 Å². The molecule has 0 unspecified atom stereocenters. The largest absolute Gasteiger partial charge is 0.493 e. The van der Waals surface area contributed by atoms with Gasteiger partial charge in [-0.2, -0.15) is 0 Å². The lowest BCUT2D eigenvalue weighted by atomic mass is 10.1. The molecule has 0 saturated heterocycles. The quantitative estimate of drug-likeness (QED) is 0.837. The molecule has 0 aromatic heterocycles. The summed E-state index contributed by atoms with van der Waals surface area (Å²) in [6, 6.07) is 12.5. The number of aryl methyl sites for hydroxylation is 1. The number of rotatable bonds is 4. The van der Waals surface area contributed by atoms with Gasteiger partial charge in [-0.3, -0.25) is 0 Å². The van der Waals surface area contributed by atoms with Crippen molar-refractivity contribution in [1.29, 1.82) is 0 Å². The maximum Gasteiger partial charge on any atom is 0.122 e. The van der Waals surface area contributed by atoms with Crippen molar-refractivity contribution in [2.75, 3.05) is 24.2 Å². The molecule has 1 aliphatic rings. The number of anilines is 2. The van der Waals surface area contributed by atoms with Crippen molar-refractivity contribution < 1.29 is 4.74 Å². The second-order valence-corrected chi connectivity index (χ2v) is 5.31. The second kappa shape index (κ2) is 5.45. The standard InChI is InChI=1S/C17H20N2O/c1-12-2-4-15(18)16(10-12)19-8-6-13-3-5-17-14(11-13)7-9-20-17/h2-5,10-11,19H,6-9,18H2,1H3. The van der Waals surface area contributed by atoms with Gasteiger partial charge in [0, 0.05) is 13.0 Å². The van der Waals surface area contributed by atoms with E-state index in [1.165, 1.54) is 16.7 Å². The van der Waals surface area contributed by atoms with Crippen LogP contribution in [0.1, 0.15) is 16.7 Å². The van der Waals surface area contributed by atoms with Crippen LogP contribution in [-0.4, -0.2) is 13.2 Å². The second-order valence-electron chi connectivity index (χ2n) is 5.31. The Kier molecular flexibility index (Phi) is 3.50. The predicted octanol–water partition coefficient (Wildman–Crippen LogP) is 3.17. The first-order valence-corrected chi connectivity index (χ1v) is 7.07. The Morgan fingerprint density at radius 2 is 2.10 bits per heavy atom. The molecule has 0 radical (unpaired) electrons. The van der Waals surface area contributed by atoms with Crippen LogP contribution >= 0.6 is 0 Å². The highest BCUT2D eigenvalue weighted by atomic mass is 16.5. The Morgan fingerprint density at radius 1 is 1.20 bits per heavy atom. The molecule has 0 bridgehead atoms. The lowest BCUT2D eigenvalue weighted by Gasteiger charge is -2.10. The molecule has 0 atom stereocenters. The Bertz CT molecular complexity index is 622. The first kappa shape index (κ1) is 12.9. The van der Waals surface area contributed by atoms with Gasteiger partial charge in [0.2, 0.25) is 0 Å². The lowest BCUT2D eigenvalue weighted by Crippen LogP contribution is -2.07. The highest BCUT2D eigenvalue weighted by Crippen LogP contribution is 2.26. The van der Waals surface area contributed by atoms with Gasteiger partial charge in [-0.05, 0) is 48.2 Å². The smallest absolute Gasteiger partial charge is 0.122 e. The Labute approximate surface area is 119 Å². The number of fused-ring (bicyclic) bond motifs is 1. The summed E-state index contributed by atoms with van der Waals surface area (Å²) >= 11 is 0. The summed E-state index contributed by atoms with van der Waals surface area (Å²) in [6.07, 6.45) is 2.02. The summed E-state index contributed by atoms with van der Waals surface area (Å²) < 4.78 is 5.52. The summed E-state index contributed by atoms with van der Waals surface area (Å²) in [5.74, 6) is 1.05. The van der Waals surface area contributed by atoms with Crippen molar-refractivity contribution >= 4 is 11.4 Å². The van der Waals surface area contributed by atoms with E-state index in [9.17, 15) is 0 Å². The van der Waals surface area contributed by atoms with Crippen molar-refractivity contribution in [2.24, 2.45) is 0 Å². The lowest BCUT2D eigenvalue weighted by molar-refractivity contribution is 0.357. The van der Waals surface area contributed by atoms with Crippen molar-refractivity contribution in [3.05, 3.63) is 53.1 Å². The highest BCUT2D eigenvalue weighted by Gasteiger charge is 2.11. The molecule has 0 saturated carbocycles. The van der Waals surface area contributed by atoms with Gasteiger partial charge in [0.05, 0.1) is 18.0 Å². The van der Waals surface area contributed by atoms with Crippen molar-refractivity contribution in [2.45, 2.75) is 19.8 Å². The van der Waals surface area contributed by atoms with Gasteiger partial charge in [0.25, 0.3) is 0 Å². The molecular formula is C17H20N2O. The van der Waals surface area contributed by atoms with Gasteiger partial charge in [-0.1, -0.05) is 18.2 Å². The molecule has 0 aliphatic carbocycles. The first-order valence-electron chi connectivity index (χ1n) is 7.07. The zero-order chi connectivity index (χ0) is 13.9. The molecule has 0 fully saturated rings. The third-order valence-corrected chi connectivity index (χ3v) is 3.69. The average Bonchev–Trinajstić information content (AvgIpc) is 2.90. The summed E-state index contributed by atoms with van der Waals surface area (Å²) in [6.45, 7) is 3.77. The van der Waals surface area contributed by atoms with Gasteiger partial charge in [-0.15, -0.1) is 0 Å². The van der Waals surface area contributed by atoms with Crippen LogP contribution in [0.25, 0.3) is 0 Å². The fourth-order valence-electron chi connectivity index (χ4n) is 2.56. The zero-order valence-electron chi connectivity index (χ0n) is 11.8. The minimum Gasteiger partial charge on any atom is -0.493 e. The average molecular weight is 268 g/mol. The molecule has 104 valence electrons. The number of benzene rings is 2. The summed E-state index contributed by atoms with van der Waals surface area (Å²) in [5, 5.41) is 3.41. The molecule has 0 amide bonds. The van der Waals surface area contributed by atoms with E-state index in [-0.39, 0.29) is 0 Å². The number of hydrogen-bond acceptors (Lipinski definition) is 3. The van der Waals surface area contributed by atoms with E-state index >= 15 is 0 Å². The number of hydrogen-bond donors (Lipinski definition) is 2. The Hall–Kier alpha value is -2.16. The van der Waals surface area contributed by atoms with Crippen LogP contribution < -0.4 is 15.8 Å². The monoisotopic (exact) mass is 268 g/mol. The maximum atomic E-state index is 5.96. The minimum atomic E-state index is 0.804. The molecule has 2 aromatic carbocycles. The number of nitrogens with one attached hydrogen (secondary N) is 1. The van der Waals surface area contributed by atoms with E-state index in [4.69, 9.17) is 10.5 Å². The normalized spacial score (nSPS) is 12.8. The molecule has 1 aliphatic heterocycles.